The molecule has 6 N–H and O–H groups in total. The third-order valence-electron chi connectivity index (χ3n) is 4.65. The molecule has 164 valence electrons. The number of amides is 1. The standard InChI is InChI=1S/C19H15F3N8O2/c20-10-3-4-11(21)14(22)8(10)6-13-27-15(12-2-1-5-26-30(12)13)18-28-16(23)9(17(24)29-18)7-25-19(31)32/h1-5,25H,6-7H2,(H,31,32)(H4,23,24,28,29). The molecule has 0 saturated carbocycles. The number of nitrogens with one attached hydrogen (secondary N) is 1. The van der Waals surface area contributed by atoms with E-state index < -0.39 is 35.5 Å². The van der Waals surface area contributed by atoms with E-state index in [1.807, 2.05) is 0 Å². The Morgan fingerprint density at radius 2 is 1.72 bits per heavy atom. The molecule has 0 bridgehead atoms. The van der Waals surface area contributed by atoms with Gasteiger partial charge in [-0.15, -0.1) is 0 Å². The van der Waals surface area contributed by atoms with Crippen molar-refractivity contribution in [2.45, 2.75) is 13.0 Å². The maximum atomic E-state index is 14.2. The highest BCUT2D eigenvalue weighted by atomic mass is 19.2. The van der Waals surface area contributed by atoms with Gasteiger partial charge in [-0.2, -0.15) is 5.10 Å². The number of hydrogen-bond acceptors (Lipinski definition) is 7. The van der Waals surface area contributed by atoms with Gasteiger partial charge < -0.3 is 21.9 Å². The molecule has 0 aliphatic rings. The first kappa shape index (κ1) is 20.8. The summed E-state index contributed by atoms with van der Waals surface area (Å²) in [5.74, 6) is -3.50. The molecule has 0 spiro atoms. The van der Waals surface area contributed by atoms with E-state index in [0.717, 1.165) is 6.07 Å². The van der Waals surface area contributed by atoms with E-state index in [4.69, 9.17) is 16.6 Å². The number of nitrogen functional groups attached to an aromatic ring is 2. The lowest BCUT2D eigenvalue weighted by Gasteiger charge is -2.09. The van der Waals surface area contributed by atoms with Crippen molar-refractivity contribution in [2.75, 3.05) is 11.5 Å². The van der Waals surface area contributed by atoms with Gasteiger partial charge in [-0.1, -0.05) is 0 Å². The van der Waals surface area contributed by atoms with E-state index in [9.17, 15) is 18.0 Å². The van der Waals surface area contributed by atoms with Crippen molar-refractivity contribution in [3.8, 4) is 11.5 Å². The van der Waals surface area contributed by atoms with Crippen LogP contribution in [0.1, 0.15) is 17.0 Å². The van der Waals surface area contributed by atoms with Crippen molar-refractivity contribution in [1.29, 1.82) is 0 Å². The lowest BCUT2D eigenvalue weighted by molar-refractivity contribution is 0.194. The first-order valence-electron chi connectivity index (χ1n) is 9.10. The average molecular weight is 444 g/mol. The Labute approximate surface area is 177 Å². The van der Waals surface area contributed by atoms with Gasteiger partial charge in [-0.05, 0) is 24.3 Å². The maximum Gasteiger partial charge on any atom is 0.404 e. The van der Waals surface area contributed by atoms with Crippen molar-refractivity contribution in [3.05, 3.63) is 64.9 Å². The fourth-order valence-corrected chi connectivity index (χ4v) is 3.13. The molecule has 32 heavy (non-hydrogen) atoms. The number of aromatic nitrogens is 5. The van der Waals surface area contributed by atoms with Gasteiger partial charge in [0.15, 0.2) is 17.5 Å². The first-order valence-corrected chi connectivity index (χ1v) is 9.10. The fraction of sp³-hybridized carbons (Fsp3) is 0.105. The second kappa shape index (κ2) is 8.02. The summed E-state index contributed by atoms with van der Waals surface area (Å²) >= 11 is 0. The summed E-state index contributed by atoms with van der Waals surface area (Å²) in [5, 5.41) is 15.0. The summed E-state index contributed by atoms with van der Waals surface area (Å²) < 4.78 is 43.3. The molecule has 4 aromatic rings. The highest BCUT2D eigenvalue weighted by Crippen LogP contribution is 2.27. The molecule has 0 radical (unpaired) electrons. The summed E-state index contributed by atoms with van der Waals surface area (Å²) in [4.78, 5) is 23.4. The zero-order valence-corrected chi connectivity index (χ0v) is 16.2. The Hall–Kier alpha value is -4.42. The quantitative estimate of drug-likeness (QED) is 0.341. The highest BCUT2D eigenvalue weighted by molar-refractivity contribution is 5.75. The van der Waals surface area contributed by atoms with Gasteiger partial charge in [0, 0.05) is 18.2 Å². The van der Waals surface area contributed by atoms with Gasteiger partial charge in [0.25, 0.3) is 0 Å². The SMILES string of the molecule is Nc1nc(-c2nc(Cc3c(F)ccc(F)c3F)n3ncccc23)nc(N)c1CNC(=O)O. The number of nitrogens with two attached hydrogens (primary N) is 2. The molecular weight excluding hydrogens is 429 g/mol. The van der Waals surface area contributed by atoms with Crippen molar-refractivity contribution in [1.82, 2.24) is 29.9 Å². The van der Waals surface area contributed by atoms with E-state index in [0.29, 0.717) is 11.6 Å². The van der Waals surface area contributed by atoms with Crippen LogP contribution in [0.4, 0.5) is 29.6 Å². The normalized spacial score (nSPS) is 11.1. The van der Waals surface area contributed by atoms with Gasteiger partial charge in [0.05, 0.1) is 17.6 Å². The largest absolute Gasteiger partial charge is 0.465 e. The second-order valence-electron chi connectivity index (χ2n) is 6.65. The fourth-order valence-electron chi connectivity index (χ4n) is 3.13. The Morgan fingerprint density at radius 1 is 1.03 bits per heavy atom. The molecule has 0 unspecified atom stereocenters. The lowest BCUT2D eigenvalue weighted by atomic mass is 10.1. The molecule has 0 aliphatic heterocycles. The summed E-state index contributed by atoms with van der Waals surface area (Å²) in [6.45, 7) is -0.206. The Kier molecular flexibility index (Phi) is 5.22. The van der Waals surface area contributed by atoms with Crippen molar-refractivity contribution >= 4 is 23.2 Å². The van der Waals surface area contributed by atoms with E-state index in [-0.39, 0.29) is 41.1 Å². The van der Waals surface area contributed by atoms with Crippen LogP contribution in [0.5, 0.6) is 0 Å². The van der Waals surface area contributed by atoms with Crippen LogP contribution in [0.15, 0.2) is 30.5 Å². The van der Waals surface area contributed by atoms with Crippen LogP contribution >= 0.6 is 0 Å². The molecule has 0 saturated heterocycles. The molecule has 0 fully saturated rings. The number of carboxylic acid groups (broad SMARTS) is 1. The summed E-state index contributed by atoms with van der Waals surface area (Å²) in [6, 6.07) is 4.74. The Bertz CT molecular complexity index is 1340. The number of benzene rings is 1. The Morgan fingerprint density at radius 3 is 2.41 bits per heavy atom. The lowest BCUT2D eigenvalue weighted by Crippen LogP contribution is -2.22. The molecule has 1 amide bonds. The second-order valence-corrected chi connectivity index (χ2v) is 6.65. The third-order valence-corrected chi connectivity index (χ3v) is 4.65. The minimum Gasteiger partial charge on any atom is -0.465 e. The van der Waals surface area contributed by atoms with Crippen molar-refractivity contribution in [3.63, 3.8) is 0 Å². The van der Waals surface area contributed by atoms with Crippen LogP contribution in [-0.2, 0) is 13.0 Å². The van der Waals surface area contributed by atoms with Gasteiger partial charge in [-0.25, -0.2) is 37.4 Å². The van der Waals surface area contributed by atoms with Crippen LogP contribution in [0.3, 0.4) is 0 Å². The average Bonchev–Trinajstić information content (AvgIpc) is 3.11. The maximum absolute atomic E-state index is 14.2. The molecule has 0 atom stereocenters. The number of anilines is 2. The van der Waals surface area contributed by atoms with E-state index in [1.54, 1.807) is 12.1 Å². The molecule has 1 aromatic carbocycles. The number of fused-ring (bicyclic) bond motifs is 1. The van der Waals surface area contributed by atoms with Crippen LogP contribution in [0, 0.1) is 17.5 Å². The van der Waals surface area contributed by atoms with Gasteiger partial charge in [-0.3, -0.25) is 0 Å². The number of hydrogen-bond donors (Lipinski definition) is 4. The highest BCUT2D eigenvalue weighted by Gasteiger charge is 2.22. The zero-order valence-electron chi connectivity index (χ0n) is 16.2. The van der Waals surface area contributed by atoms with E-state index in [2.05, 4.69) is 25.4 Å². The molecule has 3 aromatic heterocycles. The third kappa shape index (κ3) is 3.71. The number of rotatable bonds is 5. The van der Waals surface area contributed by atoms with Crippen LogP contribution in [0.25, 0.3) is 17.0 Å². The molecular formula is C19H15F3N8O2. The first-order chi connectivity index (χ1) is 15.3. The predicted molar refractivity (Wildman–Crippen MR) is 107 cm³/mol. The summed E-state index contributed by atoms with van der Waals surface area (Å²) in [6.07, 6.45) is -0.246. The predicted octanol–water partition coefficient (Wildman–Crippen LogP) is 2.13. The minimum atomic E-state index is -1.32. The molecule has 3 heterocycles. The Balaban J connectivity index is 1.81. The summed E-state index contributed by atoms with van der Waals surface area (Å²) in [5.41, 5.74) is 12.1. The number of carbonyl (C=O) groups is 1. The topological polar surface area (TPSA) is 157 Å². The summed E-state index contributed by atoms with van der Waals surface area (Å²) in [7, 11) is 0. The van der Waals surface area contributed by atoms with E-state index in [1.165, 1.54) is 10.7 Å². The van der Waals surface area contributed by atoms with Gasteiger partial charge >= 0.3 is 6.09 Å². The van der Waals surface area contributed by atoms with Crippen molar-refractivity contribution in [2.24, 2.45) is 0 Å². The minimum absolute atomic E-state index is 0.00369. The smallest absolute Gasteiger partial charge is 0.404 e. The van der Waals surface area contributed by atoms with Crippen molar-refractivity contribution < 1.29 is 23.1 Å². The zero-order chi connectivity index (χ0) is 23.0. The molecule has 10 nitrogen and oxygen atoms in total. The number of nitrogens with zero attached hydrogens (tertiary/aromatic N) is 5. The molecule has 4 rings (SSSR count). The molecule has 0 aliphatic carbocycles. The number of halogens is 3. The van der Waals surface area contributed by atoms with Gasteiger partial charge in [0.1, 0.15) is 29.0 Å². The van der Waals surface area contributed by atoms with Crippen LogP contribution in [-0.4, -0.2) is 35.8 Å². The monoisotopic (exact) mass is 444 g/mol. The molecule has 13 heteroatoms. The van der Waals surface area contributed by atoms with Gasteiger partial charge in [0.2, 0.25) is 0 Å². The van der Waals surface area contributed by atoms with Crippen LogP contribution in [0.2, 0.25) is 0 Å². The van der Waals surface area contributed by atoms with Crippen LogP contribution < -0.4 is 16.8 Å². The number of imidazole rings is 1. The van der Waals surface area contributed by atoms with E-state index >= 15 is 0 Å².